The number of nitrogens with one attached hydrogen (secondary N) is 1. The van der Waals surface area contributed by atoms with E-state index in [4.69, 9.17) is 11.6 Å². The van der Waals surface area contributed by atoms with E-state index in [1.807, 2.05) is 36.1 Å². The van der Waals surface area contributed by atoms with E-state index in [0.717, 1.165) is 49.8 Å². The Morgan fingerprint density at radius 2 is 2.00 bits per heavy atom. The molecular formula is C20H27Cl2N5O. The second-order valence-corrected chi connectivity index (χ2v) is 7.98. The quantitative estimate of drug-likeness (QED) is 0.771. The predicted molar refractivity (Wildman–Crippen MR) is 113 cm³/mol. The summed E-state index contributed by atoms with van der Waals surface area (Å²) in [5.74, 6) is 0.874. The van der Waals surface area contributed by atoms with Crippen LogP contribution in [0.4, 0.5) is 0 Å². The van der Waals surface area contributed by atoms with Crippen LogP contribution >= 0.6 is 24.0 Å². The van der Waals surface area contributed by atoms with Crippen LogP contribution in [0.15, 0.2) is 24.3 Å². The van der Waals surface area contributed by atoms with Crippen molar-refractivity contribution >= 4 is 29.9 Å². The molecule has 2 fully saturated rings. The van der Waals surface area contributed by atoms with Crippen molar-refractivity contribution in [3.63, 3.8) is 0 Å². The lowest BCUT2D eigenvalue weighted by Crippen LogP contribution is -2.45. The maximum Gasteiger partial charge on any atom is 0.276 e. The first-order valence-electron chi connectivity index (χ1n) is 9.89. The average Bonchev–Trinajstić information content (AvgIpc) is 3.42. The zero-order valence-electron chi connectivity index (χ0n) is 16.1. The molecule has 1 saturated heterocycles. The minimum atomic E-state index is -0.0132. The highest BCUT2D eigenvalue weighted by Gasteiger charge is 2.29. The molecule has 0 radical (unpaired) electrons. The van der Waals surface area contributed by atoms with Crippen LogP contribution < -0.4 is 5.32 Å². The first kappa shape index (κ1) is 21.1. The number of benzene rings is 1. The van der Waals surface area contributed by atoms with Gasteiger partial charge in [0.1, 0.15) is 0 Å². The SMILES string of the molecule is CCc1c(C(=O)N2CCC(NCC3CC3)CC2)nnn1-c1cccc(Cl)c1.Cl. The van der Waals surface area contributed by atoms with Gasteiger partial charge in [-0.1, -0.05) is 29.8 Å². The molecule has 6 nitrogen and oxygen atoms in total. The molecule has 2 aromatic rings. The predicted octanol–water partition coefficient (Wildman–Crippen LogP) is 3.51. The summed E-state index contributed by atoms with van der Waals surface area (Å²) in [6.07, 6.45) is 5.42. The van der Waals surface area contributed by atoms with E-state index in [1.54, 1.807) is 4.68 Å². The third kappa shape index (κ3) is 4.67. The number of piperidine rings is 1. The average molecular weight is 424 g/mol. The van der Waals surface area contributed by atoms with Gasteiger partial charge in [-0.25, -0.2) is 4.68 Å². The van der Waals surface area contributed by atoms with Gasteiger partial charge in [-0.15, -0.1) is 17.5 Å². The molecule has 1 N–H and O–H groups in total. The van der Waals surface area contributed by atoms with Gasteiger partial charge >= 0.3 is 0 Å². The van der Waals surface area contributed by atoms with E-state index < -0.39 is 0 Å². The molecule has 0 spiro atoms. The van der Waals surface area contributed by atoms with Crippen molar-refractivity contribution in [2.75, 3.05) is 19.6 Å². The van der Waals surface area contributed by atoms with Crippen LogP contribution in [-0.4, -0.2) is 51.5 Å². The van der Waals surface area contributed by atoms with E-state index >= 15 is 0 Å². The fraction of sp³-hybridized carbons (Fsp3) is 0.550. The van der Waals surface area contributed by atoms with E-state index in [2.05, 4.69) is 15.6 Å². The summed E-state index contributed by atoms with van der Waals surface area (Å²) in [4.78, 5) is 15.0. The van der Waals surface area contributed by atoms with Crippen LogP contribution in [0.25, 0.3) is 5.69 Å². The third-order valence-corrected chi connectivity index (χ3v) is 5.76. The van der Waals surface area contributed by atoms with Crippen molar-refractivity contribution in [2.24, 2.45) is 5.92 Å². The summed E-state index contributed by atoms with van der Waals surface area (Å²) in [5, 5.41) is 12.7. The van der Waals surface area contributed by atoms with Gasteiger partial charge in [0, 0.05) is 24.2 Å². The fourth-order valence-electron chi connectivity index (χ4n) is 3.69. The normalized spacial score (nSPS) is 17.4. The topological polar surface area (TPSA) is 63.1 Å². The highest BCUT2D eigenvalue weighted by atomic mass is 35.5. The number of rotatable bonds is 6. The van der Waals surface area contributed by atoms with Gasteiger partial charge in [-0.2, -0.15) is 0 Å². The number of hydrogen-bond acceptors (Lipinski definition) is 4. The molecule has 8 heteroatoms. The lowest BCUT2D eigenvalue weighted by Gasteiger charge is -2.32. The summed E-state index contributed by atoms with van der Waals surface area (Å²) in [6.45, 7) is 4.69. The number of halogens is 2. The van der Waals surface area contributed by atoms with E-state index in [9.17, 15) is 4.79 Å². The van der Waals surface area contributed by atoms with Crippen LogP contribution in [0.3, 0.4) is 0 Å². The molecule has 1 aliphatic carbocycles. The zero-order chi connectivity index (χ0) is 18.8. The molecule has 1 saturated carbocycles. The lowest BCUT2D eigenvalue weighted by atomic mass is 10.0. The minimum Gasteiger partial charge on any atom is -0.337 e. The summed E-state index contributed by atoms with van der Waals surface area (Å²) in [7, 11) is 0. The summed E-state index contributed by atoms with van der Waals surface area (Å²) in [5.41, 5.74) is 2.12. The Hall–Kier alpha value is -1.63. The number of amides is 1. The molecule has 0 atom stereocenters. The van der Waals surface area contributed by atoms with Gasteiger partial charge in [-0.3, -0.25) is 4.79 Å². The number of aromatic nitrogens is 3. The Bertz CT molecular complexity index is 813. The van der Waals surface area contributed by atoms with Crippen LogP contribution in [0.1, 0.15) is 48.8 Å². The van der Waals surface area contributed by atoms with Gasteiger partial charge in [0.2, 0.25) is 0 Å². The maximum absolute atomic E-state index is 13.0. The summed E-state index contributed by atoms with van der Waals surface area (Å²) >= 11 is 6.10. The largest absolute Gasteiger partial charge is 0.337 e. The van der Waals surface area contributed by atoms with Gasteiger partial charge in [0.25, 0.3) is 5.91 Å². The van der Waals surface area contributed by atoms with Crippen LogP contribution in [0.5, 0.6) is 0 Å². The third-order valence-electron chi connectivity index (χ3n) is 5.53. The zero-order valence-corrected chi connectivity index (χ0v) is 17.7. The first-order valence-corrected chi connectivity index (χ1v) is 10.3. The van der Waals surface area contributed by atoms with Gasteiger partial charge in [0.15, 0.2) is 5.69 Å². The molecule has 2 heterocycles. The monoisotopic (exact) mass is 423 g/mol. The number of nitrogens with zero attached hydrogens (tertiary/aromatic N) is 4. The molecule has 0 unspecified atom stereocenters. The second-order valence-electron chi connectivity index (χ2n) is 7.55. The number of hydrogen-bond donors (Lipinski definition) is 1. The van der Waals surface area contributed by atoms with E-state index in [-0.39, 0.29) is 18.3 Å². The van der Waals surface area contributed by atoms with Gasteiger partial charge in [-0.05, 0) is 62.8 Å². The Balaban J connectivity index is 0.00000225. The Morgan fingerprint density at radius 3 is 2.64 bits per heavy atom. The number of likely N-dealkylation sites (tertiary alicyclic amines) is 1. The first-order chi connectivity index (χ1) is 13.2. The smallest absolute Gasteiger partial charge is 0.276 e. The van der Waals surface area contributed by atoms with Crippen LogP contribution in [-0.2, 0) is 6.42 Å². The maximum atomic E-state index is 13.0. The molecule has 1 aromatic heterocycles. The highest BCUT2D eigenvalue weighted by Crippen LogP contribution is 2.28. The lowest BCUT2D eigenvalue weighted by molar-refractivity contribution is 0.0697. The van der Waals surface area contributed by atoms with E-state index in [0.29, 0.717) is 23.2 Å². The molecule has 1 amide bonds. The van der Waals surface area contributed by atoms with Gasteiger partial charge < -0.3 is 10.2 Å². The molecule has 1 aliphatic heterocycles. The molecule has 28 heavy (non-hydrogen) atoms. The summed E-state index contributed by atoms with van der Waals surface area (Å²) < 4.78 is 1.73. The molecule has 1 aromatic carbocycles. The van der Waals surface area contributed by atoms with Crippen LogP contribution in [0.2, 0.25) is 5.02 Å². The van der Waals surface area contributed by atoms with E-state index in [1.165, 1.54) is 12.8 Å². The highest BCUT2D eigenvalue weighted by molar-refractivity contribution is 6.30. The van der Waals surface area contributed by atoms with Crippen molar-refractivity contribution in [3.8, 4) is 5.69 Å². The standard InChI is InChI=1S/C20H26ClN5O.ClH/c1-2-18-19(23-24-26(18)17-5-3-4-15(21)12-17)20(27)25-10-8-16(9-11-25)22-13-14-6-7-14;/h3-5,12,14,16,22H,2,6-11,13H2,1H3;1H. The van der Waals surface area contributed by atoms with Crippen molar-refractivity contribution in [3.05, 3.63) is 40.7 Å². The summed E-state index contributed by atoms with van der Waals surface area (Å²) in [6, 6.07) is 7.98. The number of carbonyl (C=O) groups excluding carboxylic acids is 1. The van der Waals surface area contributed by atoms with Crippen LogP contribution in [0, 0.1) is 5.92 Å². The fourth-order valence-corrected chi connectivity index (χ4v) is 3.88. The Kier molecular flexibility index (Phi) is 6.96. The molecule has 152 valence electrons. The Labute approximate surface area is 177 Å². The molecular weight excluding hydrogens is 397 g/mol. The second kappa shape index (κ2) is 9.25. The van der Waals surface area contributed by atoms with Crippen molar-refractivity contribution in [1.82, 2.24) is 25.2 Å². The molecule has 0 bridgehead atoms. The minimum absolute atomic E-state index is 0. The molecule has 4 rings (SSSR count). The van der Waals surface area contributed by atoms with Crippen molar-refractivity contribution in [1.29, 1.82) is 0 Å². The Morgan fingerprint density at radius 1 is 1.25 bits per heavy atom. The number of carbonyl (C=O) groups is 1. The van der Waals surface area contributed by atoms with Crippen molar-refractivity contribution in [2.45, 2.75) is 45.1 Å². The van der Waals surface area contributed by atoms with Crippen molar-refractivity contribution < 1.29 is 4.79 Å². The van der Waals surface area contributed by atoms with Gasteiger partial charge in [0.05, 0.1) is 11.4 Å². The molecule has 2 aliphatic rings.